The summed E-state index contributed by atoms with van der Waals surface area (Å²) < 4.78 is 12.2. The van der Waals surface area contributed by atoms with Crippen LogP contribution in [0.3, 0.4) is 0 Å². The molecule has 23 nitrogen and oxygen atoms in total. The predicted molar refractivity (Wildman–Crippen MR) is 347 cm³/mol. The van der Waals surface area contributed by atoms with Crippen LogP contribution >= 0.6 is 0 Å². The van der Waals surface area contributed by atoms with Crippen molar-refractivity contribution in [3.8, 4) is 0 Å². The van der Waals surface area contributed by atoms with Gasteiger partial charge in [0, 0.05) is 53.0 Å². The van der Waals surface area contributed by atoms with Crippen LogP contribution in [0.1, 0.15) is 144 Å². The fourth-order valence-electron chi connectivity index (χ4n) is 11.8. The van der Waals surface area contributed by atoms with Crippen molar-refractivity contribution in [3.05, 3.63) is 65.7 Å². The molecule has 0 aliphatic carbocycles. The van der Waals surface area contributed by atoms with Crippen LogP contribution in [-0.2, 0) is 60.7 Å². The molecule has 1 aliphatic rings. The van der Waals surface area contributed by atoms with Crippen LogP contribution in [0.25, 0.3) is 0 Å². The number of amides is 10. The highest BCUT2D eigenvalue weighted by Gasteiger charge is 2.44. The molecule has 500 valence electrons. The van der Waals surface area contributed by atoms with Crippen LogP contribution in [0.2, 0.25) is 0 Å². The van der Waals surface area contributed by atoms with Gasteiger partial charge in [-0.2, -0.15) is 0 Å². The van der Waals surface area contributed by atoms with Crippen molar-refractivity contribution in [2.24, 2.45) is 41.1 Å². The summed E-state index contributed by atoms with van der Waals surface area (Å²) in [4.78, 5) is 128. The van der Waals surface area contributed by atoms with Gasteiger partial charge in [0.05, 0.1) is 42.7 Å². The monoisotopic (exact) mass is 1250 g/mol. The second-order valence-electron chi connectivity index (χ2n) is 25.2. The highest BCUT2D eigenvalue weighted by molar-refractivity contribution is 5.98. The van der Waals surface area contributed by atoms with E-state index in [1.165, 1.54) is 14.2 Å². The Morgan fingerprint density at radius 3 is 1.85 bits per heavy atom. The lowest BCUT2D eigenvalue weighted by molar-refractivity contribution is -0.148. The number of unbranched alkanes of at least 4 members (excludes halogenated alkanes) is 2. The van der Waals surface area contributed by atoms with Gasteiger partial charge in [0.1, 0.15) is 24.2 Å². The molecule has 23 heteroatoms. The van der Waals surface area contributed by atoms with Gasteiger partial charge >= 0.3 is 6.03 Å². The first-order chi connectivity index (χ1) is 42.2. The Morgan fingerprint density at radius 2 is 1.28 bits per heavy atom. The number of likely N-dealkylation sites (N-methyl/N-ethyl adjacent to an activating group) is 2. The van der Waals surface area contributed by atoms with Crippen molar-refractivity contribution in [2.75, 3.05) is 66.9 Å². The highest BCUT2D eigenvalue weighted by atomic mass is 16.5. The Bertz CT molecular complexity index is 2530. The maximum absolute atomic E-state index is 14.6. The quantitative estimate of drug-likeness (QED) is 0.0411. The molecule has 2 aromatic rings. The average molecular weight is 1250 g/mol. The topological polar surface area (TPSA) is 318 Å². The lowest BCUT2D eigenvalue weighted by Gasteiger charge is -2.41. The number of anilines is 1. The lowest BCUT2D eigenvalue weighted by Crippen LogP contribution is -2.59. The second kappa shape index (κ2) is 39.4. The number of urea groups is 1. The molecule has 8 unspecified atom stereocenters. The summed E-state index contributed by atoms with van der Waals surface area (Å²) in [7, 11) is 8.46. The van der Waals surface area contributed by atoms with E-state index in [0.29, 0.717) is 70.1 Å². The molecule has 0 aromatic heterocycles. The summed E-state index contributed by atoms with van der Waals surface area (Å²) in [5.74, 6) is -4.17. The van der Waals surface area contributed by atoms with E-state index in [4.69, 9.17) is 20.9 Å². The van der Waals surface area contributed by atoms with Gasteiger partial charge < -0.3 is 68.0 Å². The van der Waals surface area contributed by atoms with Gasteiger partial charge in [-0.1, -0.05) is 118 Å². The number of rotatable bonds is 40. The number of carbonyl (C=O) groups excluding carboxylic acids is 9. The van der Waals surface area contributed by atoms with Gasteiger partial charge in [-0.15, -0.1) is 0 Å². The largest absolute Gasteiger partial charge is 0.379 e. The van der Waals surface area contributed by atoms with E-state index in [1.54, 1.807) is 49.8 Å². The lowest BCUT2D eigenvalue weighted by atomic mass is 9.89. The van der Waals surface area contributed by atoms with Crippen LogP contribution in [0.4, 0.5) is 10.5 Å². The molecule has 3 rings (SSSR count). The number of hydrogen-bond acceptors (Lipinski definition) is 13. The third-order valence-corrected chi connectivity index (χ3v) is 17.1. The first kappa shape index (κ1) is 76.6. The smallest absolute Gasteiger partial charge is 0.312 e. The molecule has 0 saturated carbocycles. The second-order valence-corrected chi connectivity index (χ2v) is 25.2. The van der Waals surface area contributed by atoms with Crippen molar-refractivity contribution in [3.63, 3.8) is 0 Å². The van der Waals surface area contributed by atoms with E-state index in [9.17, 15) is 43.2 Å². The summed E-state index contributed by atoms with van der Waals surface area (Å²) in [5, 5.41) is 20.1. The summed E-state index contributed by atoms with van der Waals surface area (Å²) in [6.45, 7) is 18.5. The Balaban J connectivity index is 1.74. The van der Waals surface area contributed by atoms with Gasteiger partial charge in [0.15, 0.2) is 0 Å². The minimum absolute atomic E-state index is 0.00403. The standard InChI is InChI=1S/C66H110N12O11/c1-15-44(8)58(77(12)65(86)56(42(4)5)75-64(85)57(43(6)7)76(10)11)52(88-13)40-54(80)78-39-23-27-51(78)59(89-14)45(9)60(81)72-50(34-31-46-24-18-16-19-25-46)61(82)69-38-35-47-29-32-48(33-30-47)71-62(83)49(26-22-37-70-66(68)87)73-63(84)55(41(2)3)74-53(79)28-20-17-21-36-67/h16,18-19,24-25,29-30,32-33,41-45,49-52,55-59H,15,17,20-23,26-28,31,34-40,67H2,1-14H3,(H,69,82)(H,71,83)(H,72,81)(H,73,84)(H,74,79)(H,75,85)(H3,68,70,87)/t44?,45?,49?,50-,51?,52?,55+,56-,57?,58?,59?/m0/s1. The molecule has 11 N–H and O–H groups in total. The number of likely N-dealkylation sites (tertiary alicyclic amines) is 1. The molecule has 10 amide bonds. The molecular weight excluding hydrogens is 1140 g/mol. The Kier molecular flexibility index (Phi) is 33.9. The van der Waals surface area contributed by atoms with Gasteiger partial charge in [0.25, 0.3) is 0 Å². The molecule has 1 saturated heterocycles. The van der Waals surface area contributed by atoms with Gasteiger partial charge in [-0.3, -0.25) is 43.3 Å². The Labute approximate surface area is 530 Å². The van der Waals surface area contributed by atoms with Crippen molar-refractivity contribution >= 4 is 59.0 Å². The Morgan fingerprint density at radius 1 is 0.652 bits per heavy atom. The fraction of sp³-hybridized carbons (Fsp3) is 0.682. The minimum Gasteiger partial charge on any atom is -0.379 e. The third-order valence-electron chi connectivity index (χ3n) is 17.1. The zero-order chi connectivity index (χ0) is 66.5. The maximum atomic E-state index is 14.6. The summed E-state index contributed by atoms with van der Waals surface area (Å²) in [5.41, 5.74) is 13.1. The number of hydrogen-bond donors (Lipinski definition) is 9. The molecule has 0 radical (unpaired) electrons. The summed E-state index contributed by atoms with van der Waals surface area (Å²) in [6.07, 6.45) is 4.60. The zero-order valence-electron chi connectivity index (χ0n) is 55.8. The van der Waals surface area contributed by atoms with Crippen molar-refractivity contribution in [1.82, 2.24) is 46.6 Å². The molecule has 89 heavy (non-hydrogen) atoms. The zero-order valence-corrected chi connectivity index (χ0v) is 55.8. The number of nitrogens with zero attached hydrogens (tertiary/aromatic N) is 3. The van der Waals surface area contributed by atoms with Gasteiger partial charge in [-0.05, 0) is 125 Å². The molecule has 11 atom stereocenters. The number of nitrogens with two attached hydrogens (primary N) is 2. The van der Waals surface area contributed by atoms with Crippen LogP contribution in [0.5, 0.6) is 0 Å². The fourth-order valence-corrected chi connectivity index (χ4v) is 11.8. The first-order valence-corrected chi connectivity index (χ1v) is 32.1. The number of aryl methyl sites for hydroxylation is 1. The molecular formula is C66H110N12O11. The van der Waals surface area contributed by atoms with E-state index >= 15 is 0 Å². The molecule has 1 heterocycles. The van der Waals surface area contributed by atoms with Crippen LogP contribution < -0.4 is 48.7 Å². The van der Waals surface area contributed by atoms with Gasteiger partial charge in [0.2, 0.25) is 47.3 Å². The number of methoxy groups -OCH3 is 2. The van der Waals surface area contributed by atoms with E-state index in [1.807, 2.05) is 103 Å². The van der Waals surface area contributed by atoms with Crippen LogP contribution in [-0.4, -0.2) is 184 Å². The van der Waals surface area contributed by atoms with Crippen LogP contribution in [0, 0.1) is 29.6 Å². The van der Waals surface area contributed by atoms with Crippen molar-refractivity contribution in [1.29, 1.82) is 0 Å². The molecule has 1 aliphatic heterocycles. The highest BCUT2D eigenvalue weighted by Crippen LogP contribution is 2.30. The van der Waals surface area contributed by atoms with E-state index in [2.05, 4.69) is 37.2 Å². The number of nitrogens with one attached hydrogen (secondary N) is 7. The van der Waals surface area contributed by atoms with Crippen molar-refractivity contribution < 1.29 is 52.6 Å². The third kappa shape index (κ3) is 24.9. The van der Waals surface area contributed by atoms with E-state index in [-0.39, 0.29) is 85.6 Å². The van der Waals surface area contributed by atoms with E-state index < -0.39 is 84.2 Å². The number of carbonyl (C=O) groups is 9. The molecule has 0 bridgehead atoms. The molecule has 1 fully saturated rings. The summed E-state index contributed by atoms with van der Waals surface area (Å²) >= 11 is 0. The maximum Gasteiger partial charge on any atom is 0.312 e. The SMILES string of the molecule is CCC(C)C(C(CC(=O)N1CCCC1C(OC)C(C)C(=O)N[C@@H](CCc1ccccc1)C(=O)NCCc1ccc(NC(=O)C(CCCNC(N)=O)NC(=O)[C@H](NC(=O)CCCCCN)C(C)C)cc1)OC)N(C)C(=O)[C@@H](NC(=O)C(C(C)C)N(C)C)C(C)C. The molecule has 2 aromatic carbocycles. The van der Waals surface area contributed by atoms with Gasteiger partial charge in [-0.25, -0.2) is 4.79 Å². The average Bonchev–Trinajstić information content (AvgIpc) is 2.25. The number of ether oxygens (including phenoxy) is 2. The number of benzene rings is 2. The van der Waals surface area contributed by atoms with E-state index in [0.717, 1.165) is 24.0 Å². The Hall–Kier alpha value is -6.69. The normalized spacial score (nSPS) is 16.7. The van der Waals surface area contributed by atoms with Crippen LogP contribution in [0.15, 0.2) is 54.6 Å². The predicted octanol–water partition coefficient (Wildman–Crippen LogP) is 4.64. The summed E-state index contributed by atoms with van der Waals surface area (Å²) in [6, 6.07) is 10.9. The first-order valence-electron chi connectivity index (χ1n) is 32.1. The molecule has 0 spiro atoms. The van der Waals surface area contributed by atoms with Crippen molar-refractivity contribution in [2.45, 2.75) is 200 Å². The minimum atomic E-state index is -1.02. The number of primary amides is 1.